The van der Waals surface area contributed by atoms with E-state index in [2.05, 4.69) is 5.48 Å². The van der Waals surface area contributed by atoms with E-state index in [4.69, 9.17) is 23.8 Å². The number of fused-ring (bicyclic) bond motifs is 5. The van der Waals surface area contributed by atoms with Gasteiger partial charge >= 0.3 is 17.9 Å². The molecular formula is C45H51NO13. The van der Waals surface area contributed by atoms with Crippen molar-refractivity contribution in [3.8, 4) is 0 Å². The highest BCUT2D eigenvalue weighted by atomic mass is 16.6. The van der Waals surface area contributed by atoms with Gasteiger partial charge in [0, 0.05) is 25.2 Å². The van der Waals surface area contributed by atoms with Crippen molar-refractivity contribution in [1.29, 1.82) is 0 Å². The molecule has 1 saturated heterocycles. The Balaban J connectivity index is 1.31. The van der Waals surface area contributed by atoms with Crippen LogP contribution >= 0.6 is 0 Å². The van der Waals surface area contributed by atoms with Crippen LogP contribution in [-0.4, -0.2) is 98.6 Å². The molecule has 0 unspecified atom stereocenters. The summed E-state index contributed by atoms with van der Waals surface area (Å²) in [5.74, 6) is -5.14. The minimum atomic E-state index is -2.31. The number of ether oxygens (including phenoxy) is 4. The Hall–Kier alpha value is -4.80. The topological polar surface area (TPSA) is 207 Å². The number of Topliss-reactive ketones (excluding diaryl/α,β-unsaturated/α-hetero) is 1. The van der Waals surface area contributed by atoms with E-state index in [9.17, 15) is 39.6 Å². The summed E-state index contributed by atoms with van der Waals surface area (Å²) in [5, 5.41) is 49.2. The summed E-state index contributed by atoms with van der Waals surface area (Å²) >= 11 is 0. The van der Waals surface area contributed by atoms with Gasteiger partial charge in [0.1, 0.15) is 30.0 Å². The number of esters is 3. The lowest BCUT2D eigenvalue weighted by Crippen LogP contribution is -2.81. The highest BCUT2D eigenvalue weighted by Gasteiger charge is 2.78. The van der Waals surface area contributed by atoms with Gasteiger partial charge in [-0.2, -0.15) is 5.48 Å². The highest BCUT2D eigenvalue weighted by molar-refractivity contribution is 5.94. The van der Waals surface area contributed by atoms with E-state index < -0.39 is 101 Å². The Morgan fingerprint density at radius 1 is 0.915 bits per heavy atom. The first kappa shape index (κ1) is 42.3. The van der Waals surface area contributed by atoms with Crippen molar-refractivity contribution in [1.82, 2.24) is 5.48 Å². The first-order chi connectivity index (χ1) is 28.0. The number of aliphatic hydroxyl groups is 4. The number of hydrogen-bond donors (Lipinski definition) is 5. The Morgan fingerprint density at radius 2 is 1.53 bits per heavy atom. The van der Waals surface area contributed by atoms with E-state index in [1.165, 1.54) is 26.0 Å². The number of hydroxylamine groups is 1. The van der Waals surface area contributed by atoms with Gasteiger partial charge in [-0.25, -0.2) is 9.59 Å². The summed E-state index contributed by atoms with van der Waals surface area (Å²) in [6.45, 7) is 7.12. The first-order valence-electron chi connectivity index (χ1n) is 19.7. The van der Waals surface area contributed by atoms with Crippen molar-refractivity contribution in [3.05, 3.63) is 119 Å². The maximum absolute atomic E-state index is 15.0. The number of hydrogen-bond acceptors (Lipinski definition) is 14. The third-order valence-electron chi connectivity index (χ3n) is 13.2. The molecule has 59 heavy (non-hydrogen) atoms. The van der Waals surface area contributed by atoms with E-state index in [1.54, 1.807) is 69.3 Å². The molecule has 5 N–H and O–H groups in total. The molecule has 314 valence electrons. The van der Waals surface area contributed by atoms with E-state index in [-0.39, 0.29) is 36.3 Å². The van der Waals surface area contributed by atoms with E-state index in [0.29, 0.717) is 5.56 Å². The van der Waals surface area contributed by atoms with Gasteiger partial charge in [0.25, 0.3) is 0 Å². The van der Waals surface area contributed by atoms with Crippen molar-refractivity contribution in [2.24, 2.45) is 16.7 Å². The number of nitrogens with one attached hydrogen (secondary N) is 1. The van der Waals surface area contributed by atoms with Crippen LogP contribution in [0.15, 0.2) is 102 Å². The number of aliphatic hydroxyl groups excluding tert-OH is 3. The summed E-state index contributed by atoms with van der Waals surface area (Å²) in [5.41, 5.74) is -3.19. The average Bonchev–Trinajstić information content (AvgIpc) is 3.21. The molecule has 2 saturated carbocycles. The lowest BCUT2D eigenvalue weighted by molar-refractivity contribution is -0.346. The number of carbonyl (C=O) groups excluding carboxylic acids is 4. The zero-order valence-corrected chi connectivity index (χ0v) is 33.6. The smallest absolute Gasteiger partial charge is 0.338 e. The molecule has 0 radical (unpaired) electrons. The monoisotopic (exact) mass is 813 g/mol. The summed E-state index contributed by atoms with van der Waals surface area (Å²) in [6, 6.07) is 24.7. The van der Waals surface area contributed by atoms with Gasteiger partial charge in [0.2, 0.25) is 0 Å². The molecule has 3 fully saturated rings. The Labute approximate surface area is 342 Å². The van der Waals surface area contributed by atoms with Crippen molar-refractivity contribution in [2.45, 2.75) is 108 Å². The van der Waals surface area contributed by atoms with E-state index >= 15 is 0 Å². The molecule has 0 spiro atoms. The van der Waals surface area contributed by atoms with Crippen molar-refractivity contribution >= 4 is 23.7 Å². The van der Waals surface area contributed by atoms with Gasteiger partial charge in [-0.15, -0.1) is 0 Å². The van der Waals surface area contributed by atoms with E-state index in [0.717, 1.165) is 5.56 Å². The van der Waals surface area contributed by atoms with Gasteiger partial charge in [-0.1, -0.05) is 92.7 Å². The highest BCUT2D eigenvalue weighted by Crippen LogP contribution is 2.64. The number of carbonyl (C=O) groups is 4. The van der Waals surface area contributed by atoms with Crippen LogP contribution in [0, 0.1) is 16.7 Å². The van der Waals surface area contributed by atoms with Gasteiger partial charge in [-0.05, 0) is 48.3 Å². The second-order valence-electron chi connectivity index (χ2n) is 16.8. The second kappa shape index (κ2) is 16.0. The average molecular weight is 814 g/mol. The normalized spacial score (nSPS) is 33.1. The number of benzene rings is 3. The third kappa shape index (κ3) is 7.10. The lowest BCUT2D eigenvalue weighted by atomic mass is 9.44. The summed E-state index contributed by atoms with van der Waals surface area (Å²) in [6.07, 6.45) is -10.1. The van der Waals surface area contributed by atoms with Crippen molar-refractivity contribution < 1.29 is 63.4 Å². The number of rotatable bonds is 11. The quantitative estimate of drug-likeness (QED) is 0.0814. The van der Waals surface area contributed by atoms with Crippen LogP contribution in [0.2, 0.25) is 0 Å². The summed E-state index contributed by atoms with van der Waals surface area (Å²) in [4.78, 5) is 61.9. The fraction of sp³-hybridized carbons (Fsp3) is 0.467. The third-order valence-corrected chi connectivity index (χ3v) is 13.2. The Morgan fingerprint density at radius 3 is 2.12 bits per heavy atom. The molecule has 1 heterocycles. The first-order valence-corrected chi connectivity index (χ1v) is 19.7. The molecule has 7 rings (SSSR count). The zero-order chi connectivity index (χ0) is 42.5. The van der Waals surface area contributed by atoms with Crippen LogP contribution in [-0.2, 0) is 44.8 Å². The molecular weight excluding hydrogens is 762 g/mol. The predicted octanol–water partition coefficient (Wildman–Crippen LogP) is 3.46. The van der Waals surface area contributed by atoms with Crippen LogP contribution in [0.3, 0.4) is 0 Å². The van der Waals surface area contributed by atoms with E-state index in [1.807, 2.05) is 30.3 Å². The number of ketones is 1. The fourth-order valence-electron chi connectivity index (χ4n) is 9.88. The molecule has 2 bridgehead atoms. The lowest BCUT2D eigenvalue weighted by Gasteiger charge is -2.67. The SMILES string of the molecule is CC(=O)O[C@@]12CO[C@@H]1C[C@H](O)[C@@]1(C)C(=O)[C@H](O)C3=C(C)[C@@H](OC(=O)[C@H](O)[C@@H](NOCc4ccccc4)c4ccccc4)C[C@@](O)([C@@H](OC(=O)c4ccccc4)[C@H]21)C3(C)C. The zero-order valence-electron chi connectivity index (χ0n) is 33.6. The molecule has 4 aliphatic rings. The largest absolute Gasteiger partial charge is 0.456 e. The van der Waals surface area contributed by atoms with Gasteiger partial charge in [-0.3, -0.25) is 14.4 Å². The molecule has 3 aliphatic carbocycles. The van der Waals surface area contributed by atoms with Gasteiger partial charge in [0.05, 0.1) is 42.3 Å². The Bertz CT molecular complexity index is 2090. The molecule has 14 nitrogen and oxygen atoms in total. The Kier molecular flexibility index (Phi) is 11.5. The van der Waals surface area contributed by atoms with Crippen LogP contribution < -0.4 is 5.48 Å². The minimum Gasteiger partial charge on any atom is -0.456 e. The van der Waals surface area contributed by atoms with Crippen molar-refractivity contribution in [3.63, 3.8) is 0 Å². The molecule has 0 amide bonds. The summed E-state index contributed by atoms with van der Waals surface area (Å²) < 4.78 is 24.3. The molecule has 1 aliphatic heterocycles. The van der Waals surface area contributed by atoms with Crippen molar-refractivity contribution in [2.75, 3.05) is 6.61 Å². The molecule has 11 atom stereocenters. The fourth-order valence-corrected chi connectivity index (χ4v) is 9.88. The second-order valence-corrected chi connectivity index (χ2v) is 16.8. The minimum absolute atomic E-state index is 0.0198. The van der Waals surface area contributed by atoms with Crippen LogP contribution in [0.5, 0.6) is 0 Å². The standard InChI is InChI=1S/C45H51NO13/c1-25-30(57-41(53)36(50)34(28-17-11-7-12-18-28)46-56-23-27-15-9-6-10-16-27)22-45(54)39(58-40(52)29-19-13-8-14-20-29)37-43(5,38(51)35(49)33(25)42(45,3)4)31(48)21-32-44(37,24-55-32)59-26(2)47/h6-20,30-32,34-37,39,46,48-50,54H,21-24H2,1-5H3/t30-,31-,32+,34-,35+,36+,37-,39-,43+,44-,45+/m0/s1. The van der Waals surface area contributed by atoms with Crippen LogP contribution in [0.4, 0.5) is 0 Å². The summed E-state index contributed by atoms with van der Waals surface area (Å²) in [7, 11) is 0. The van der Waals surface area contributed by atoms with Gasteiger partial charge in [0.15, 0.2) is 17.5 Å². The molecule has 14 heteroatoms. The molecule has 3 aromatic carbocycles. The van der Waals surface area contributed by atoms with Crippen LogP contribution in [0.1, 0.15) is 75.0 Å². The van der Waals surface area contributed by atoms with Gasteiger partial charge < -0.3 is 39.4 Å². The maximum atomic E-state index is 15.0. The molecule has 0 aromatic heterocycles. The molecule has 3 aromatic rings. The van der Waals surface area contributed by atoms with Crippen LogP contribution in [0.25, 0.3) is 0 Å². The predicted molar refractivity (Wildman–Crippen MR) is 209 cm³/mol. The maximum Gasteiger partial charge on any atom is 0.338 e.